The molecule has 4 heteroatoms. The molecule has 0 aromatic carbocycles. The number of amides is 2. The van der Waals surface area contributed by atoms with Gasteiger partial charge in [0.05, 0.1) is 5.92 Å². The van der Waals surface area contributed by atoms with E-state index in [4.69, 9.17) is 0 Å². The molecule has 0 aromatic heterocycles. The largest absolute Gasteiger partial charge is 0.317 e. The van der Waals surface area contributed by atoms with Gasteiger partial charge in [-0.1, -0.05) is 27.7 Å². The third-order valence-corrected chi connectivity index (χ3v) is 3.27. The zero-order valence-corrected chi connectivity index (χ0v) is 11.4. The zero-order valence-electron chi connectivity index (χ0n) is 11.4. The standard InChI is InChI=1S/C13H24N2O2/c1-5-14-7-6-8-15-11(16)9-10(12(15)17)13(2,3)4/h10,14H,5-9H2,1-4H3. The van der Waals surface area contributed by atoms with Gasteiger partial charge in [-0.15, -0.1) is 0 Å². The summed E-state index contributed by atoms with van der Waals surface area (Å²) in [6.07, 6.45) is 1.21. The number of nitrogens with zero attached hydrogens (tertiary/aromatic N) is 1. The molecule has 1 fully saturated rings. The van der Waals surface area contributed by atoms with E-state index < -0.39 is 0 Å². The van der Waals surface area contributed by atoms with E-state index in [9.17, 15) is 9.59 Å². The van der Waals surface area contributed by atoms with Gasteiger partial charge in [0.15, 0.2) is 0 Å². The second-order valence-electron chi connectivity index (χ2n) is 5.71. The zero-order chi connectivity index (χ0) is 13.1. The Morgan fingerprint density at radius 2 is 2.00 bits per heavy atom. The lowest BCUT2D eigenvalue weighted by molar-refractivity contribution is -0.140. The Hall–Kier alpha value is -0.900. The van der Waals surface area contributed by atoms with E-state index in [1.165, 1.54) is 4.90 Å². The Bertz CT molecular complexity index is 294. The van der Waals surface area contributed by atoms with Gasteiger partial charge in [0, 0.05) is 13.0 Å². The quantitative estimate of drug-likeness (QED) is 0.584. The molecule has 1 atom stereocenters. The van der Waals surface area contributed by atoms with Crippen molar-refractivity contribution in [1.29, 1.82) is 0 Å². The lowest BCUT2D eigenvalue weighted by Crippen LogP contribution is -2.35. The summed E-state index contributed by atoms with van der Waals surface area (Å²) in [6.45, 7) is 10.4. The van der Waals surface area contributed by atoms with Crippen LogP contribution in [-0.2, 0) is 9.59 Å². The van der Waals surface area contributed by atoms with Crippen molar-refractivity contribution in [2.24, 2.45) is 11.3 Å². The molecule has 1 aliphatic heterocycles. The van der Waals surface area contributed by atoms with E-state index in [1.807, 2.05) is 27.7 Å². The molecule has 2 amide bonds. The summed E-state index contributed by atoms with van der Waals surface area (Å²) in [5, 5.41) is 3.19. The van der Waals surface area contributed by atoms with Crippen molar-refractivity contribution in [3.63, 3.8) is 0 Å². The van der Waals surface area contributed by atoms with Crippen molar-refractivity contribution >= 4 is 11.8 Å². The monoisotopic (exact) mass is 240 g/mol. The van der Waals surface area contributed by atoms with Gasteiger partial charge in [-0.25, -0.2) is 0 Å². The topological polar surface area (TPSA) is 49.4 Å². The highest BCUT2D eigenvalue weighted by molar-refractivity contribution is 6.03. The Morgan fingerprint density at radius 3 is 2.47 bits per heavy atom. The molecule has 1 unspecified atom stereocenters. The number of nitrogens with one attached hydrogen (secondary N) is 1. The highest BCUT2D eigenvalue weighted by Crippen LogP contribution is 2.35. The van der Waals surface area contributed by atoms with Crippen molar-refractivity contribution in [2.45, 2.75) is 40.5 Å². The first-order valence-corrected chi connectivity index (χ1v) is 6.43. The van der Waals surface area contributed by atoms with Gasteiger partial charge in [0.25, 0.3) is 0 Å². The third kappa shape index (κ3) is 3.53. The van der Waals surface area contributed by atoms with Crippen molar-refractivity contribution in [2.75, 3.05) is 19.6 Å². The van der Waals surface area contributed by atoms with Gasteiger partial charge in [-0.05, 0) is 24.9 Å². The number of carbonyl (C=O) groups is 2. The molecular weight excluding hydrogens is 216 g/mol. The van der Waals surface area contributed by atoms with Gasteiger partial charge < -0.3 is 5.32 Å². The minimum atomic E-state index is -0.144. The van der Waals surface area contributed by atoms with E-state index in [0.29, 0.717) is 13.0 Å². The third-order valence-electron chi connectivity index (χ3n) is 3.27. The van der Waals surface area contributed by atoms with E-state index in [2.05, 4.69) is 5.32 Å². The molecule has 0 bridgehead atoms. The number of hydrogen-bond acceptors (Lipinski definition) is 3. The Labute approximate surface area is 104 Å². The molecule has 98 valence electrons. The summed E-state index contributed by atoms with van der Waals surface area (Å²) in [6, 6.07) is 0. The number of likely N-dealkylation sites (tertiary alicyclic amines) is 1. The second-order valence-corrected chi connectivity index (χ2v) is 5.71. The minimum Gasteiger partial charge on any atom is -0.317 e. The summed E-state index contributed by atoms with van der Waals surface area (Å²) in [4.78, 5) is 25.3. The highest BCUT2D eigenvalue weighted by atomic mass is 16.2. The molecule has 17 heavy (non-hydrogen) atoms. The first-order valence-electron chi connectivity index (χ1n) is 6.43. The van der Waals surface area contributed by atoms with Gasteiger partial charge in [0.2, 0.25) is 11.8 Å². The SMILES string of the molecule is CCNCCCN1C(=O)CC(C(C)(C)C)C1=O. The lowest BCUT2D eigenvalue weighted by atomic mass is 9.80. The molecule has 0 aliphatic carbocycles. The molecule has 0 saturated carbocycles. The molecule has 1 heterocycles. The van der Waals surface area contributed by atoms with Crippen LogP contribution in [0.25, 0.3) is 0 Å². The fourth-order valence-electron chi connectivity index (χ4n) is 2.13. The van der Waals surface area contributed by atoms with Gasteiger partial charge in [0.1, 0.15) is 0 Å². The van der Waals surface area contributed by atoms with Crippen LogP contribution in [0.3, 0.4) is 0 Å². The maximum Gasteiger partial charge on any atom is 0.233 e. The van der Waals surface area contributed by atoms with Crippen LogP contribution in [0.1, 0.15) is 40.5 Å². The molecule has 1 aliphatic rings. The lowest BCUT2D eigenvalue weighted by Gasteiger charge is -2.24. The average Bonchev–Trinajstić information content (AvgIpc) is 2.50. The van der Waals surface area contributed by atoms with Crippen molar-refractivity contribution < 1.29 is 9.59 Å². The fraction of sp³-hybridized carbons (Fsp3) is 0.846. The first kappa shape index (κ1) is 14.2. The average molecular weight is 240 g/mol. The summed E-state index contributed by atoms with van der Waals surface area (Å²) in [7, 11) is 0. The van der Waals surface area contributed by atoms with E-state index >= 15 is 0 Å². The van der Waals surface area contributed by atoms with Crippen LogP contribution in [0.5, 0.6) is 0 Å². The van der Waals surface area contributed by atoms with Gasteiger partial charge >= 0.3 is 0 Å². The molecule has 4 nitrogen and oxygen atoms in total. The van der Waals surface area contributed by atoms with Gasteiger partial charge in [-0.2, -0.15) is 0 Å². The van der Waals surface area contributed by atoms with Crippen LogP contribution in [0.15, 0.2) is 0 Å². The van der Waals surface area contributed by atoms with Crippen LogP contribution in [0.2, 0.25) is 0 Å². The maximum absolute atomic E-state index is 12.1. The van der Waals surface area contributed by atoms with Crippen LogP contribution in [0, 0.1) is 11.3 Å². The summed E-state index contributed by atoms with van der Waals surface area (Å²) in [5.74, 6) is -0.139. The van der Waals surface area contributed by atoms with Crippen LogP contribution in [-0.4, -0.2) is 36.3 Å². The molecule has 1 N–H and O–H groups in total. The van der Waals surface area contributed by atoms with E-state index in [1.54, 1.807) is 0 Å². The molecule has 1 saturated heterocycles. The molecule has 0 spiro atoms. The first-order chi connectivity index (χ1) is 7.88. The van der Waals surface area contributed by atoms with E-state index in [0.717, 1.165) is 19.5 Å². The van der Waals surface area contributed by atoms with Crippen molar-refractivity contribution in [3.8, 4) is 0 Å². The smallest absolute Gasteiger partial charge is 0.233 e. The maximum atomic E-state index is 12.1. The number of hydrogen-bond donors (Lipinski definition) is 1. The number of carbonyl (C=O) groups excluding carboxylic acids is 2. The summed E-state index contributed by atoms with van der Waals surface area (Å²) in [5.41, 5.74) is -0.122. The molecule has 0 radical (unpaired) electrons. The summed E-state index contributed by atoms with van der Waals surface area (Å²) >= 11 is 0. The number of rotatable bonds is 5. The van der Waals surface area contributed by atoms with Crippen LogP contribution < -0.4 is 5.32 Å². The van der Waals surface area contributed by atoms with Crippen molar-refractivity contribution in [3.05, 3.63) is 0 Å². The fourth-order valence-corrected chi connectivity index (χ4v) is 2.13. The van der Waals surface area contributed by atoms with Crippen LogP contribution >= 0.6 is 0 Å². The molecular formula is C13H24N2O2. The van der Waals surface area contributed by atoms with Gasteiger partial charge in [-0.3, -0.25) is 14.5 Å². The Kier molecular flexibility index (Phi) is 4.69. The van der Waals surface area contributed by atoms with E-state index in [-0.39, 0.29) is 23.1 Å². The minimum absolute atomic E-state index is 0.00794. The summed E-state index contributed by atoms with van der Waals surface area (Å²) < 4.78 is 0. The highest BCUT2D eigenvalue weighted by Gasteiger charge is 2.44. The van der Waals surface area contributed by atoms with Crippen LogP contribution in [0.4, 0.5) is 0 Å². The Morgan fingerprint density at radius 1 is 1.35 bits per heavy atom. The predicted octanol–water partition coefficient (Wildman–Crippen LogP) is 1.41. The van der Waals surface area contributed by atoms with Crippen molar-refractivity contribution in [1.82, 2.24) is 10.2 Å². The number of imide groups is 1. The Balaban J connectivity index is 2.51. The normalized spacial score (nSPS) is 21.4. The second kappa shape index (κ2) is 5.63. The molecule has 0 aromatic rings. The molecule has 1 rings (SSSR count). The predicted molar refractivity (Wildman–Crippen MR) is 67.4 cm³/mol.